The van der Waals surface area contributed by atoms with Gasteiger partial charge in [0.2, 0.25) is 5.91 Å². The van der Waals surface area contributed by atoms with Gasteiger partial charge in [-0.05, 0) is 50.3 Å². The van der Waals surface area contributed by atoms with Crippen LogP contribution >= 0.6 is 11.8 Å². The Morgan fingerprint density at radius 2 is 1.67 bits per heavy atom. The molecule has 0 unspecified atom stereocenters. The molecular formula is C19H22N2O2S. The van der Waals surface area contributed by atoms with Gasteiger partial charge in [-0.3, -0.25) is 9.59 Å². The highest BCUT2D eigenvalue weighted by molar-refractivity contribution is 7.98. The van der Waals surface area contributed by atoms with Crippen LogP contribution in [0.3, 0.4) is 0 Å². The van der Waals surface area contributed by atoms with E-state index in [0.717, 1.165) is 27.3 Å². The average Bonchev–Trinajstić information content (AvgIpc) is 2.55. The Hall–Kier alpha value is -2.27. The van der Waals surface area contributed by atoms with E-state index < -0.39 is 0 Å². The van der Waals surface area contributed by atoms with E-state index in [1.807, 2.05) is 57.4 Å². The first-order valence-electron chi connectivity index (χ1n) is 7.71. The summed E-state index contributed by atoms with van der Waals surface area (Å²) in [5.41, 5.74) is 4.58. The summed E-state index contributed by atoms with van der Waals surface area (Å²) >= 11 is 1.50. The number of aryl methyl sites for hydroxylation is 3. The fraction of sp³-hybridized carbons (Fsp3) is 0.263. The van der Waals surface area contributed by atoms with Crippen LogP contribution in [0.2, 0.25) is 0 Å². The maximum atomic E-state index is 12.3. The minimum Gasteiger partial charge on any atom is -0.343 e. The first kappa shape index (κ1) is 18.1. The van der Waals surface area contributed by atoms with Crippen molar-refractivity contribution in [1.82, 2.24) is 5.32 Å². The Kier molecular flexibility index (Phi) is 6.04. The minimum absolute atomic E-state index is 0.0612. The number of hydrogen-bond donors (Lipinski definition) is 2. The van der Waals surface area contributed by atoms with Crippen LogP contribution in [0.1, 0.15) is 27.0 Å². The molecule has 0 aliphatic carbocycles. The molecule has 0 bridgehead atoms. The van der Waals surface area contributed by atoms with Gasteiger partial charge in [0.1, 0.15) is 0 Å². The van der Waals surface area contributed by atoms with Gasteiger partial charge >= 0.3 is 0 Å². The molecule has 0 atom stereocenters. The third-order valence-corrected chi connectivity index (χ3v) is 4.50. The first-order valence-corrected chi connectivity index (χ1v) is 8.93. The molecule has 0 saturated carbocycles. The number of carbonyl (C=O) groups is 2. The van der Waals surface area contributed by atoms with Crippen molar-refractivity contribution in [3.05, 3.63) is 58.7 Å². The summed E-state index contributed by atoms with van der Waals surface area (Å²) in [7, 11) is 0. The minimum atomic E-state index is -0.243. The Labute approximate surface area is 147 Å². The molecule has 0 aromatic heterocycles. The zero-order chi connectivity index (χ0) is 17.7. The van der Waals surface area contributed by atoms with Crippen LogP contribution < -0.4 is 10.6 Å². The Morgan fingerprint density at radius 3 is 2.29 bits per heavy atom. The van der Waals surface area contributed by atoms with E-state index in [9.17, 15) is 9.59 Å². The summed E-state index contributed by atoms with van der Waals surface area (Å²) in [4.78, 5) is 25.3. The molecule has 24 heavy (non-hydrogen) atoms. The van der Waals surface area contributed by atoms with Gasteiger partial charge in [-0.1, -0.05) is 29.8 Å². The smallest absolute Gasteiger partial charge is 0.252 e. The molecule has 126 valence electrons. The number of amides is 2. The summed E-state index contributed by atoms with van der Waals surface area (Å²) in [6, 6.07) is 11.4. The van der Waals surface area contributed by atoms with Gasteiger partial charge in [0.05, 0.1) is 12.1 Å². The lowest BCUT2D eigenvalue weighted by Crippen LogP contribution is -2.33. The third kappa shape index (κ3) is 4.38. The van der Waals surface area contributed by atoms with Crippen molar-refractivity contribution in [2.75, 3.05) is 18.1 Å². The molecule has 0 aliphatic heterocycles. The van der Waals surface area contributed by atoms with Gasteiger partial charge in [0, 0.05) is 10.6 Å². The number of hydrogen-bond acceptors (Lipinski definition) is 3. The zero-order valence-corrected chi connectivity index (χ0v) is 15.2. The lowest BCUT2D eigenvalue weighted by atomic mass is 10.1. The summed E-state index contributed by atoms with van der Waals surface area (Å²) in [5.74, 6) is -0.479. The molecule has 2 aromatic rings. The molecule has 5 heteroatoms. The van der Waals surface area contributed by atoms with Crippen LogP contribution in [0.15, 0.2) is 41.3 Å². The number of benzene rings is 2. The van der Waals surface area contributed by atoms with E-state index in [2.05, 4.69) is 10.6 Å². The largest absolute Gasteiger partial charge is 0.343 e. The fourth-order valence-corrected chi connectivity index (χ4v) is 3.24. The van der Waals surface area contributed by atoms with Crippen molar-refractivity contribution < 1.29 is 9.59 Å². The van der Waals surface area contributed by atoms with Gasteiger partial charge in [-0.25, -0.2) is 0 Å². The van der Waals surface area contributed by atoms with Gasteiger partial charge in [0.25, 0.3) is 5.91 Å². The first-order chi connectivity index (χ1) is 11.4. The number of rotatable bonds is 5. The van der Waals surface area contributed by atoms with Gasteiger partial charge in [-0.15, -0.1) is 11.8 Å². The van der Waals surface area contributed by atoms with Crippen molar-refractivity contribution in [2.24, 2.45) is 0 Å². The lowest BCUT2D eigenvalue weighted by molar-refractivity contribution is -0.115. The van der Waals surface area contributed by atoms with Crippen molar-refractivity contribution in [3.63, 3.8) is 0 Å². The van der Waals surface area contributed by atoms with Gasteiger partial charge < -0.3 is 10.6 Å². The van der Waals surface area contributed by atoms with Crippen molar-refractivity contribution >= 4 is 29.3 Å². The third-order valence-electron chi connectivity index (χ3n) is 3.70. The quantitative estimate of drug-likeness (QED) is 0.815. The summed E-state index contributed by atoms with van der Waals surface area (Å²) in [5, 5.41) is 5.56. The number of thioether (sulfide) groups is 1. The standard InChI is InChI=1S/C19H22N2O2S/c1-12-9-13(2)18(14(3)10-12)21-17(22)11-20-19(23)15-7-5-6-8-16(15)24-4/h5-10H,11H2,1-4H3,(H,20,23)(H,21,22). The summed E-state index contributed by atoms with van der Waals surface area (Å²) in [6.07, 6.45) is 1.92. The molecule has 2 aromatic carbocycles. The second kappa shape index (κ2) is 8.02. The Bertz CT molecular complexity index is 749. The topological polar surface area (TPSA) is 58.2 Å². The zero-order valence-electron chi connectivity index (χ0n) is 14.4. The number of carbonyl (C=O) groups excluding carboxylic acids is 2. The second-order valence-electron chi connectivity index (χ2n) is 5.70. The van der Waals surface area contributed by atoms with E-state index in [1.54, 1.807) is 6.07 Å². The second-order valence-corrected chi connectivity index (χ2v) is 6.55. The van der Waals surface area contributed by atoms with Crippen LogP contribution in [0, 0.1) is 20.8 Å². The Balaban J connectivity index is 2.00. The van der Waals surface area contributed by atoms with Gasteiger partial charge in [-0.2, -0.15) is 0 Å². The highest BCUT2D eigenvalue weighted by Crippen LogP contribution is 2.22. The maximum absolute atomic E-state index is 12.3. The van der Waals surface area contributed by atoms with Crippen molar-refractivity contribution in [1.29, 1.82) is 0 Å². The molecule has 2 rings (SSSR count). The van der Waals surface area contributed by atoms with Crippen LogP contribution in [-0.2, 0) is 4.79 Å². The normalized spacial score (nSPS) is 10.3. The molecular weight excluding hydrogens is 320 g/mol. The van der Waals surface area contributed by atoms with E-state index >= 15 is 0 Å². The van der Waals surface area contributed by atoms with Crippen LogP contribution in [-0.4, -0.2) is 24.6 Å². The molecule has 2 amide bonds. The fourth-order valence-electron chi connectivity index (χ4n) is 2.65. The van der Waals surface area contributed by atoms with E-state index in [4.69, 9.17) is 0 Å². The average molecular weight is 342 g/mol. The van der Waals surface area contributed by atoms with E-state index in [-0.39, 0.29) is 18.4 Å². The molecule has 0 heterocycles. The highest BCUT2D eigenvalue weighted by Gasteiger charge is 2.13. The number of nitrogens with one attached hydrogen (secondary N) is 2. The molecule has 2 N–H and O–H groups in total. The van der Waals surface area contributed by atoms with Gasteiger partial charge in [0.15, 0.2) is 0 Å². The SMILES string of the molecule is CSc1ccccc1C(=O)NCC(=O)Nc1c(C)cc(C)cc1C. The van der Waals surface area contributed by atoms with E-state index in [1.165, 1.54) is 11.8 Å². The summed E-state index contributed by atoms with van der Waals surface area (Å²) < 4.78 is 0. The maximum Gasteiger partial charge on any atom is 0.252 e. The van der Waals surface area contributed by atoms with Crippen LogP contribution in [0.5, 0.6) is 0 Å². The Morgan fingerprint density at radius 1 is 1.04 bits per heavy atom. The molecule has 0 saturated heterocycles. The molecule has 0 spiro atoms. The highest BCUT2D eigenvalue weighted by atomic mass is 32.2. The van der Waals surface area contributed by atoms with Crippen LogP contribution in [0.4, 0.5) is 5.69 Å². The molecule has 0 fully saturated rings. The molecule has 0 aliphatic rings. The predicted molar refractivity (Wildman–Crippen MR) is 99.8 cm³/mol. The monoisotopic (exact) mass is 342 g/mol. The van der Waals surface area contributed by atoms with Crippen molar-refractivity contribution in [3.8, 4) is 0 Å². The summed E-state index contributed by atoms with van der Waals surface area (Å²) in [6.45, 7) is 5.88. The predicted octanol–water partition coefficient (Wildman–Crippen LogP) is 3.70. The van der Waals surface area contributed by atoms with Crippen molar-refractivity contribution in [2.45, 2.75) is 25.7 Å². The molecule has 0 radical (unpaired) electrons. The molecule has 4 nitrogen and oxygen atoms in total. The lowest BCUT2D eigenvalue weighted by Gasteiger charge is -2.13. The number of anilines is 1. The van der Waals surface area contributed by atoms with E-state index in [0.29, 0.717) is 5.56 Å². The van der Waals surface area contributed by atoms with Crippen LogP contribution in [0.25, 0.3) is 0 Å².